The van der Waals surface area contributed by atoms with Gasteiger partial charge in [0.2, 0.25) is 0 Å². The molecule has 3 heteroatoms. The number of nitrogens with one attached hydrogen (secondary N) is 1. The molecule has 2 rings (SSSR count). The first-order valence-corrected chi connectivity index (χ1v) is 5.91. The summed E-state index contributed by atoms with van der Waals surface area (Å²) in [6.07, 6.45) is 1.78. The first-order valence-electron chi connectivity index (χ1n) is 5.12. The number of aromatic nitrogens is 1. The van der Waals surface area contributed by atoms with Gasteiger partial charge in [0, 0.05) is 11.9 Å². The third-order valence-corrected chi connectivity index (χ3v) is 3.26. The van der Waals surface area contributed by atoms with Crippen molar-refractivity contribution >= 4 is 27.4 Å². The molecule has 2 aromatic rings. The molecular weight excluding hydrogens is 264 g/mol. The molecule has 1 aromatic carbocycles. The molecule has 0 spiro atoms. The largest absolute Gasteiger partial charge is 0.339 e. The first kappa shape index (κ1) is 11.1. The predicted octanol–water partition coefficient (Wildman–Crippen LogP) is 4.20. The van der Waals surface area contributed by atoms with Crippen LogP contribution in [0.4, 0.5) is 11.5 Å². The third kappa shape index (κ3) is 2.25. The van der Waals surface area contributed by atoms with Gasteiger partial charge in [0.05, 0.1) is 4.47 Å². The number of halogens is 1. The summed E-state index contributed by atoms with van der Waals surface area (Å²) < 4.78 is 0.968. The van der Waals surface area contributed by atoms with Gasteiger partial charge >= 0.3 is 0 Å². The Kier molecular flexibility index (Phi) is 3.25. The lowest BCUT2D eigenvalue weighted by Gasteiger charge is -2.11. The van der Waals surface area contributed by atoms with Gasteiger partial charge in [-0.3, -0.25) is 0 Å². The maximum absolute atomic E-state index is 4.29. The van der Waals surface area contributed by atoms with E-state index in [-0.39, 0.29) is 0 Å². The Morgan fingerprint density at radius 1 is 1.12 bits per heavy atom. The summed E-state index contributed by atoms with van der Waals surface area (Å²) in [5, 5.41) is 3.32. The van der Waals surface area contributed by atoms with Crippen molar-refractivity contribution in [3.63, 3.8) is 0 Å². The minimum atomic E-state index is 0.844. The maximum atomic E-state index is 4.29. The molecule has 2 nitrogen and oxygen atoms in total. The molecule has 0 aliphatic rings. The molecule has 16 heavy (non-hydrogen) atoms. The maximum Gasteiger partial charge on any atom is 0.144 e. The fraction of sp³-hybridized carbons (Fsp3) is 0.154. The number of rotatable bonds is 2. The highest BCUT2D eigenvalue weighted by molar-refractivity contribution is 9.10. The Balaban J connectivity index is 2.35. The lowest BCUT2D eigenvalue weighted by atomic mass is 10.1. The van der Waals surface area contributed by atoms with E-state index in [4.69, 9.17) is 0 Å². The average molecular weight is 277 g/mol. The molecule has 0 aliphatic carbocycles. The van der Waals surface area contributed by atoms with Gasteiger partial charge < -0.3 is 5.32 Å². The van der Waals surface area contributed by atoms with Crippen molar-refractivity contribution < 1.29 is 0 Å². The molecule has 82 valence electrons. The number of pyridine rings is 1. The normalized spacial score (nSPS) is 10.2. The van der Waals surface area contributed by atoms with E-state index in [1.807, 2.05) is 18.2 Å². The SMILES string of the molecule is Cc1cccc(Nc2ncccc2Br)c1C. The molecule has 0 radical (unpaired) electrons. The monoisotopic (exact) mass is 276 g/mol. The van der Waals surface area contributed by atoms with Crippen LogP contribution >= 0.6 is 15.9 Å². The van der Waals surface area contributed by atoms with Crippen LogP contribution in [0.15, 0.2) is 41.0 Å². The van der Waals surface area contributed by atoms with Crippen molar-refractivity contribution in [1.29, 1.82) is 0 Å². The molecule has 0 amide bonds. The van der Waals surface area contributed by atoms with Gasteiger partial charge in [-0.05, 0) is 59.1 Å². The van der Waals surface area contributed by atoms with E-state index in [1.165, 1.54) is 11.1 Å². The molecule has 1 N–H and O–H groups in total. The van der Waals surface area contributed by atoms with E-state index >= 15 is 0 Å². The number of nitrogens with zero attached hydrogens (tertiary/aromatic N) is 1. The van der Waals surface area contributed by atoms with E-state index in [2.05, 4.69) is 52.2 Å². The van der Waals surface area contributed by atoms with Crippen molar-refractivity contribution in [2.75, 3.05) is 5.32 Å². The molecule has 0 unspecified atom stereocenters. The Morgan fingerprint density at radius 2 is 1.94 bits per heavy atom. The second-order valence-electron chi connectivity index (χ2n) is 3.71. The summed E-state index contributed by atoms with van der Waals surface area (Å²) in [4.78, 5) is 4.29. The Hall–Kier alpha value is -1.35. The zero-order chi connectivity index (χ0) is 11.5. The second-order valence-corrected chi connectivity index (χ2v) is 4.56. The standard InChI is InChI=1S/C13H13BrN2/c1-9-5-3-7-12(10(9)2)16-13-11(14)6-4-8-15-13/h3-8H,1-2H3,(H,15,16). The number of hydrogen-bond acceptors (Lipinski definition) is 2. The highest BCUT2D eigenvalue weighted by Crippen LogP contribution is 2.26. The van der Waals surface area contributed by atoms with E-state index < -0.39 is 0 Å². The number of hydrogen-bond donors (Lipinski definition) is 1. The Labute approximate surface area is 104 Å². The summed E-state index contributed by atoms with van der Waals surface area (Å²) in [7, 11) is 0. The van der Waals surface area contributed by atoms with Gasteiger partial charge in [-0.2, -0.15) is 0 Å². The fourth-order valence-corrected chi connectivity index (χ4v) is 1.85. The quantitative estimate of drug-likeness (QED) is 0.889. The average Bonchev–Trinajstić information content (AvgIpc) is 2.28. The first-order chi connectivity index (χ1) is 7.68. The molecule has 0 atom stereocenters. The third-order valence-electron chi connectivity index (χ3n) is 2.62. The molecule has 1 aromatic heterocycles. The summed E-state index contributed by atoms with van der Waals surface area (Å²) >= 11 is 3.47. The lowest BCUT2D eigenvalue weighted by Crippen LogP contribution is -1.97. The number of anilines is 2. The van der Waals surface area contributed by atoms with Crippen LogP contribution in [0.25, 0.3) is 0 Å². The molecule has 0 saturated heterocycles. The molecule has 1 heterocycles. The molecule has 0 aliphatic heterocycles. The molecule has 0 fully saturated rings. The summed E-state index contributed by atoms with van der Waals surface area (Å²) in [5.74, 6) is 0.844. The van der Waals surface area contributed by atoms with Crippen LogP contribution in [-0.2, 0) is 0 Å². The lowest BCUT2D eigenvalue weighted by molar-refractivity contribution is 1.26. The minimum absolute atomic E-state index is 0.844. The zero-order valence-electron chi connectivity index (χ0n) is 9.29. The highest BCUT2D eigenvalue weighted by atomic mass is 79.9. The fourth-order valence-electron chi connectivity index (χ4n) is 1.49. The van der Waals surface area contributed by atoms with Gasteiger partial charge in [-0.25, -0.2) is 4.98 Å². The summed E-state index contributed by atoms with van der Waals surface area (Å²) in [5.41, 5.74) is 3.62. The Bertz CT molecular complexity index is 509. The molecule has 0 saturated carbocycles. The van der Waals surface area contributed by atoms with Crippen molar-refractivity contribution in [3.05, 3.63) is 52.1 Å². The van der Waals surface area contributed by atoms with Crippen LogP contribution in [0.1, 0.15) is 11.1 Å². The number of aryl methyl sites for hydroxylation is 1. The van der Waals surface area contributed by atoms with Crippen LogP contribution in [0, 0.1) is 13.8 Å². The van der Waals surface area contributed by atoms with E-state index in [1.54, 1.807) is 6.20 Å². The number of benzene rings is 1. The van der Waals surface area contributed by atoms with Gasteiger partial charge in [0.1, 0.15) is 5.82 Å². The van der Waals surface area contributed by atoms with Crippen molar-refractivity contribution in [1.82, 2.24) is 4.98 Å². The predicted molar refractivity (Wildman–Crippen MR) is 71.1 cm³/mol. The van der Waals surface area contributed by atoms with Gasteiger partial charge in [0.15, 0.2) is 0 Å². The van der Waals surface area contributed by atoms with Gasteiger partial charge in [0.25, 0.3) is 0 Å². The van der Waals surface area contributed by atoms with Crippen molar-refractivity contribution in [2.24, 2.45) is 0 Å². The smallest absolute Gasteiger partial charge is 0.144 e. The molecular formula is C13H13BrN2. The summed E-state index contributed by atoms with van der Waals surface area (Å²) in [6, 6.07) is 10.1. The minimum Gasteiger partial charge on any atom is -0.339 e. The Morgan fingerprint density at radius 3 is 2.69 bits per heavy atom. The van der Waals surface area contributed by atoms with E-state index in [9.17, 15) is 0 Å². The van der Waals surface area contributed by atoms with Crippen molar-refractivity contribution in [3.8, 4) is 0 Å². The molecule has 0 bridgehead atoms. The van der Waals surface area contributed by atoms with E-state index in [0.717, 1.165) is 16.0 Å². The topological polar surface area (TPSA) is 24.9 Å². The van der Waals surface area contributed by atoms with Gasteiger partial charge in [-0.1, -0.05) is 12.1 Å². The van der Waals surface area contributed by atoms with Crippen LogP contribution in [0.2, 0.25) is 0 Å². The van der Waals surface area contributed by atoms with Crippen LogP contribution < -0.4 is 5.32 Å². The van der Waals surface area contributed by atoms with Crippen LogP contribution in [0.3, 0.4) is 0 Å². The summed E-state index contributed by atoms with van der Waals surface area (Å²) in [6.45, 7) is 4.21. The second kappa shape index (κ2) is 4.66. The highest BCUT2D eigenvalue weighted by Gasteiger charge is 2.04. The zero-order valence-corrected chi connectivity index (χ0v) is 10.9. The van der Waals surface area contributed by atoms with Crippen LogP contribution in [0.5, 0.6) is 0 Å². The van der Waals surface area contributed by atoms with E-state index in [0.29, 0.717) is 0 Å². The van der Waals surface area contributed by atoms with Gasteiger partial charge in [-0.15, -0.1) is 0 Å². The van der Waals surface area contributed by atoms with Crippen LogP contribution in [-0.4, -0.2) is 4.98 Å². The van der Waals surface area contributed by atoms with Crippen molar-refractivity contribution in [2.45, 2.75) is 13.8 Å².